The molecule has 18 heavy (non-hydrogen) atoms. The van der Waals surface area contributed by atoms with Crippen LogP contribution < -0.4 is 5.73 Å². The van der Waals surface area contributed by atoms with Crippen LogP contribution >= 0.6 is 0 Å². The number of benzene rings is 2. The fourth-order valence-electron chi connectivity index (χ4n) is 1.82. The molecule has 2 aromatic rings. The third-order valence-corrected chi connectivity index (χ3v) is 2.73. The smallest absolute Gasteiger partial charge is 0.146 e. The van der Waals surface area contributed by atoms with E-state index in [1.807, 2.05) is 0 Å². The lowest BCUT2D eigenvalue weighted by atomic mass is 9.95. The van der Waals surface area contributed by atoms with Crippen molar-refractivity contribution in [2.75, 3.05) is 0 Å². The molecule has 0 aliphatic heterocycles. The third-order valence-electron chi connectivity index (χ3n) is 2.73. The Labute approximate surface area is 104 Å². The van der Waals surface area contributed by atoms with Crippen molar-refractivity contribution in [1.82, 2.24) is 0 Å². The van der Waals surface area contributed by atoms with E-state index in [-0.39, 0.29) is 17.8 Å². The number of nitrogens with two attached hydrogens (primary N) is 1. The van der Waals surface area contributed by atoms with Crippen molar-refractivity contribution in [3.05, 3.63) is 71.3 Å². The first-order valence-corrected chi connectivity index (χ1v) is 5.50. The molecule has 0 heterocycles. The first-order chi connectivity index (χ1) is 8.49. The highest BCUT2D eigenvalue weighted by Gasteiger charge is 2.27. The van der Waals surface area contributed by atoms with Crippen LogP contribution in [0.3, 0.4) is 0 Å². The van der Waals surface area contributed by atoms with Crippen LogP contribution in [-0.2, 0) is 12.1 Å². The molecule has 0 fully saturated rings. The summed E-state index contributed by atoms with van der Waals surface area (Å²) < 4.78 is 26.3. The van der Waals surface area contributed by atoms with Crippen molar-refractivity contribution < 1.29 is 13.9 Å². The number of hydrogen-bond donors (Lipinski definition) is 2. The Balaban J connectivity index is 2.27. The maximum Gasteiger partial charge on any atom is 0.146 e. The van der Waals surface area contributed by atoms with E-state index >= 15 is 0 Å². The van der Waals surface area contributed by atoms with Crippen molar-refractivity contribution in [2.24, 2.45) is 5.73 Å². The molecule has 0 spiro atoms. The first-order valence-electron chi connectivity index (χ1n) is 5.50. The summed E-state index contributed by atoms with van der Waals surface area (Å²) in [4.78, 5) is 0. The summed E-state index contributed by atoms with van der Waals surface area (Å²) in [5, 5.41) is 10.1. The molecule has 0 aliphatic rings. The van der Waals surface area contributed by atoms with Gasteiger partial charge in [-0.25, -0.2) is 8.78 Å². The summed E-state index contributed by atoms with van der Waals surface area (Å²) in [6, 6.07) is 11.3. The van der Waals surface area contributed by atoms with Gasteiger partial charge in [0.25, 0.3) is 0 Å². The Morgan fingerprint density at radius 1 is 1.00 bits per heavy atom. The van der Waals surface area contributed by atoms with Gasteiger partial charge >= 0.3 is 0 Å². The number of hydrogen-bond acceptors (Lipinski definition) is 2. The Morgan fingerprint density at radius 2 is 1.61 bits per heavy atom. The van der Waals surface area contributed by atoms with Gasteiger partial charge in [0.15, 0.2) is 0 Å². The van der Waals surface area contributed by atoms with E-state index in [2.05, 4.69) is 0 Å². The summed E-state index contributed by atoms with van der Waals surface area (Å²) in [7, 11) is 0. The molecule has 3 N–H and O–H groups in total. The zero-order valence-electron chi connectivity index (χ0n) is 9.61. The Bertz CT molecular complexity index is 538. The molecule has 2 rings (SSSR count). The van der Waals surface area contributed by atoms with Gasteiger partial charge in [0.2, 0.25) is 0 Å². The molecular weight excluding hydrogens is 236 g/mol. The lowest BCUT2D eigenvalue weighted by molar-refractivity contribution is 0.0402. The quantitative estimate of drug-likeness (QED) is 0.820. The fraction of sp³-hybridized carbons (Fsp3) is 0.143. The topological polar surface area (TPSA) is 46.2 Å². The average molecular weight is 249 g/mol. The second kappa shape index (κ2) is 4.84. The predicted molar refractivity (Wildman–Crippen MR) is 64.6 cm³/mol. The lowest BCUT2D eigenvalue weighted by Crippen LogP contribution is -2.39. The summed E-state index contributed by atoms with van der Waals surface area (Å²) in [5.74, 6) is -0.935. The summed E-state index contributed by atoms with van der Waals surface area (Å²) >= 11 is 0. The van der Waals surface area contributed by atoms with E-state index < -0.39 is 11.5 Å². The molecule has 1 atom stereocenters. The van der Waals surface area contributed by atoms with Crippen LogP contribution in [0.2, 0.25) is 0 Å². The van der Waals surface area contributed by atoms with E-state index in [0.717, 1.165) is 0 Å². The highest BCUT2D eigenvalue weighted by atomic mass is 19.1. The van der Waals surface area contributed by atoms with E-state index in [1.165, 1.54) is 42.5 Å². The zero-order valence-corrected chi connectivity index (χ0v) is 9.61. The van der Waals surface area contributed by atoms with Crippen LogP contribution in [-0.4, -0.2) is 5.11 Å². The van der Waals surface area contributed by atoms with Gasteiger partial charge in [0.1, 0.15) is 17.4 Å². The van der Waals surface area contributed by atoms with Gasteiger partial charge < -0.3 is 5.11 Å². The van der Waals surface area contributed by atoms with E-state index in [1.54, 1.807) is 6.07 Å². The Morgan fingerprint density at radius 3 is 2.22 bits per heavy atom. The standard InChI is InChI=1S/C14H13F2NO/c15-11-7-5-10(6-8-11)9-14(17,18)12-3-1-2-4-13(12)16/h1-8,18H,9,17H2. The van der Waals surface area contributed by atoms with Crippen molar-refractivity contribution >= 4 is 0 Å². The maximum atomic E-state index is 13.6. The predicted octanol–water partition coefficient (Wildman–Crippen LogP) is 2.31. The van der Waals surface area contributed by atoms with Gasteiger partial charge in [-0.15, -0.1) is 0 Å². The van der Waals surface area contributed by atoms with Gasteiger partial charge in [0.05, 0.1) is 0 Å². The molecule has 2 nitrogen and oxygen atoms in total. The molecule has 1 unspecified atom stereocenters. The summed E-state index contributed by atoms with van der Waals surface area (Å²) in [5.41, 5.74) is 4.57. The van der Waals surface area contributed by atoms with E-state index in [4.69, 9.17) is 5.73 Å². The molecule has 0 bridgehead atoms. The van der Waals surface area contributed by atoms with Gasteiger partial charge in [-0.05, 0) is 23.8 Å². The second-order valence-electron chi connectivity index (χ2n) is 4.21. The number of aliphatic hydroxyl groups is 1. The molecule has 0 radical (unpaired) electrons. The van der Waals surface area contributed by atoms with E-state index in [0.29, 0.717) is 5.56 Å². The van der Waals surface area contributed by atoms with Crippen LogP contribution in [0, 0.1) is 11.6 Å². The van der Waals surface area contributed by atoms with Crippen LogP contribution in [0.25, 0.3) is 0 Å². The fourth-order valence-corrected chi connectivity index (χ4v) is 1.82. The van der Waals surface area contributed by atoms with Crippen molar-refractivity contribution in [1.29, 1.82) is 0 Å². The third kappa shape index (κ3) is 2.72. The van der Waals surface area contributed by atoms with Gasteiger partial charge in [-0.2, -0.15) is 0 Å². The number of rotatable bonds is 3. The normalized spacial score (nSPS) is 14.2. The van der Waals surface area contributed by atoms with Crippen molar-refractivity contribution in [3.8, 4) is 0 Å². The SMILES string of the molecule is NC(O)(Cc1ccc(F)cc1)c1ccccc1F. The molecule has 94 valence electrons. The minimum absolute atomic E-state index is 0.00815. The Hall–Kier alpha value is -1.78. The largest absolute Gasteiger partial charge is 0.371 e. The summed E-state index contributed by atoms with van der Waals surface area (Å²) in [6.45, 7) is 0. The molecule has 0 saturated carbocycles. The lowest BCUT2D eigenvalue weighted by Gasteiger charge is -2.24. The molecule has 2 aromatic carbocycles. The molecule has 0 saturated heterocycles. The minimum Gasteiger partial charge on any atom is -0.371 e. The highest BCUT2D eigenvalue weighted by Crippen LogP contribution is 2.23. The maximum absolute atomic E-state index is 13.6. The van der Waals surface area contributed by atoms with Gasteiger partial charge in [-0.3, -0.25) is 5.73 Å². The second-order valence-corrected chi connectivity index (χ2v) is 4.21. The van der Waals surface area contributed by atoms with Crippen molar-refractivity contribution in [3.63, 3.8) is 0 Å². The minimum atomic E-state index is -1.82. The Kier molecular flexibility index (Phi) is 3.41. The molecular formula is C14H13F2NO. The van der Waals surface area contributed by atoms with E-state index in [9.17, 15) is 13.9 Å². The van der Waals surface area contributed by atoms with Crippen molar-refractivity contribution in [2.45, 2.75) is 12.1 Å². The van der Waals surface area contributed by atoms with Crippen LogP contribution in [0.4, 0.5) is 8.78 Å². The zero-order chi connectivity index (χ0) is 13.2. The van der Waals surface area contributed by atoms with Gasteiger partial charge in [-0.1, -0.05) is 30.3 Å². The van der Waals surface area contributed by atoms with Crippen LogP contribution in [0.5, 0.6) is 0 Å². The van der Waals surface area contributed by atoms with Crippen LogP contribution in [0.15, 0.2) is 48.5 Å². The highest BCUT2D eigenvalue weighted by molar-refractivity contribution is 5.27. The number of halogens is 2. The van der Waals surface area contributed by atoms with Gasteiger partial charge in [0, 0.05) is 12.0 Å². The molecule has 0 aromatic heterocycles. The molecule has 4 heteroatoms. The summed E-state index contributed by atoms with van der Waals surface area (Å²) in [6.07, 6.45) is 0.00815. The monoisotopic (exact) mass is 249 g/mol. The van der Waals surface area contributed by atoms with Crippen LogP contribution in [0.1, 0.15) is 11.1 Å². The average Bonchev–Trinajstić information content (AvgIpc) is 2.32. The molecule has 0 aliphatic carbocycles. The first kappa shape index (κ1) is 12.7. The molecule has 0 amide bonds.